The standard InChI is InChI=1S/C18H25NO4/c1-3-19(15-7-5-4-6-8-15)18(21)13-23-16-10-9-14(12-20)11-17(16)22-2/h9-12,15H,3-8,13H2,1-2H3. The maximum Gasteiger partial charge on any atom is 0.260 e. The molecular weight excluding hydrogens is 294 g/mol. The molecule has 0 aliphatic heterocycles. The van der Waals surface area contributed by atoms with Gasteiger partial charge in [-0.25, -0.2) is 0 Å². The number of rotatable bonds is 7. The Labute approximate surface area is 137 Å². The number of amides is 1. The SMILES string of the molecule is CCN(C(=O)COc1ccc(C=O)cc1OC)C1CCCCC1. The average Bonchev–Trinajstić information content (AvgIpc) is 2.61. The lowest BCUT2D eigenvalue weighted by Gasteiger charge is -2.33. The first-order valence-electron chi connectivity index (χ1n) is 8.25. The van der Waals surface area contributed by atoms with Gasteiger partial charge in [0.2, 0.25) is 0 Å². The Morgan fingerprint density at radius 1 is 1.26 bits per heavy atom. The van der Waals surface area contributed by atoms with Crippen molar-refractivity contribution in [1.82, 2.24) is 4.90 Å². The fraction of sp³-hybridized carbons (Fsp3) is 0.556. The number of benzene rings is 1. The predicted octanol–water partition coefficient (Wildman–Crippen LogP) is 3.07. The van der Waals surface area contributed by atoms with Crippen molar-refractivity contribution in [1.29, 1.82) is 0 Å². The van der Waals surface area contributed by atoms with Gasteiger partial charge in [0.1, 0.15) is 6.29 Å². The Bertz CT molecular complexity index is 538. The summed E-state index contributed by atoms with van der Waals surface area (Å²) in [5.74, 6) is 0.940. The molecule has 5 heteroatoms. The summed E-state index contributed by atoms with van der Waals surface area (Å²) < 4.78 is 10.8. The topological polar surface area (TPSA) is 55.8 Å². The van der Waals surface area contributed by atoms with E-state index in [1.807, 2.05) is 11.8 Å². The van der Waals surface area contributed by atoms with Crippen LogP contribution >= 0.6 is 0 Å². The molecule has 0 radical (unpaired) electrons. The molecule has 0 unspecified atom stereocenters. The van der Waals surface area contributed by atoms with Gasteiger partial charge in [0.15, 0.2) is 18.1 Å². The molecule has 0 atom stereocenters. The van der Waals surface area contributed by atoms with Crippen LogP contribution in [0.5, 0.6) is 11.5 Å². The van der Waals surface area contributed by atoms with E-state index in [-0.39, 0.29) is 12.5 Å². The normalized spacial score (nSPS) is 15.0. The van der Waals surface area contributed by atoms with Gasteiger partial charge in [-0.05, 0) is 38.0 Å². The van der Waals surface area contributed by atoms with Gasteiger partial charge >= 0.3 is 0 Å². The summed E-state index contributed by atoms with van der Waals surface area (Å²) in [6.45, 7) is 2.70. The van der Waals surface area contributed by atoms with Crippen LogP contribution in [0, 0.1) is 0 Å². The number of hydrogen-bond donors (Lipinski definition) is 0. The highest BCUT2D eigenvalue weighted by molar-refractivity contribution is 5.79. The van der Waals surface area contributed by atoms with Crippen LogP contribution in [-0.2, 0) is 4.79 Å². The summed E-state index contributed by atoms with van der Waals surface area (Å²) in [6.07, 6.45) is 6.55. The van der Waals surface area contributed by atoms with Gasteiger partial charge < -0.3 is 14.4 Å². The monoisotopic (exact) mass is 319 g/mol. The molecule has 0 heterocycles. The van der Waals surface area contributed by atoms with Gasteiger partial charge in [0.05, 0.1) is 7.11 Å². The number of nitrogens with zero attached hydrogens (tertiary/aromatic N) is 1. The molecular formula is C18H25NO4. The number of ether oxygens (including phenoxy) is 2. The van der Waals surface area contributed by atoms with Crippen molar-refractivity contribution in [3.05, 3.63) is 23.8 Å². The summed E-state index contributed by atoms with van der Waals surface area (Å²) in [5.41, 5.74) is 0.512. The molecule has 0 aromatic heterocycles. The Morgan fingerprint density at radius 2 is 2.00 bits per heavy atom. The molecule has 0 saturated heterocycles. The van der Waals surface area contributed by atoms with E-state index < -0.39 is 0 Å². The third-order valence-electron chi connectivity index (χ3n) is 4.35. The van der Waals surface area contributed by atoms with Gasteiger partial charge in [-0.3, -0.25) is 9.59 Å². The van der Waals surface area contributed by atoms with Crippen LogP contribution in [0.25, 0.3) is 0 Å². The van der Waals surface area contributed by atoms with Crippen molar-refractivity contribution in [3.63, 3.8) is 0 Å². The minimum absolute atomic E-state index is 0.000849. The Kier molecular flexibility index (Phi) is 6.44. The molecule has 0 spiro atoms. The maximum absolute atomic E-state index is 12.5. The van der Waals surface area contributed by atoms with Crippen LogP contribution in [0.2, 0.25) is 0 Å². The maximum atomic E-state index is 12.5. The molecule has 1 saturated carbocycles. The van der Waals surface area contributed by atoms with Crippen molar-refractivity contribution in [2.24, 2.45) is 0 Å². The number of carbonyl (C=O) groups is 2. The molecule has 1 aromatic rings. The first kappa shape index (κ1) is 17.3. The molecule has 1 aliphatic rings. The zero-order valence-corrected chi connectivity index (χ0v) is 13.9. The van der Waals surface area contributed by atoms with Gasteiger partial charge in [-0.2, -0.15) is 0 Å². The zero-order chi connectivity index (χ0) is 16.7. The molecule has 2 rings (SSSR count). The van der Waals surface area contributed by atoms with Gasteiger partial charge in [-0.1, -0.05) is 19.3 Å². The molecule has 0 bridgehead atoms. The first-order valence-corrected chi connectivity index (χ1v) is 8.25. The Balaban J connectivity index is 1.98. The minimum Gasteiger partial charge on any atom is -0.493 e. The Morgan fingerprint density at radius 3 is 2.61 bits per heavy atom. The summed E-state index contributed by atoms with van der Waals surface area (Å²) in [7, 11) is 1.51. The highest BCUT2D eigenvalue weighted by Gasteiger charge is 2.24. The summed E-state index contributed by atoms with van der Waals surface area (Å²) in [5, 5.41) is 0. The van der Waals surface area contributed by atoms with Gasteiger partial charge in [-0.15, -0.1) is 0 Å². The molecule has 1 fully saturated rings. The Hall–Kier alpha value is -2.04. The van der Waals surface area contributed by atoms with E-state index in [0.29, 0.717) is 29.6 Å². The van der Waals surface area contributed by atoms with E-state index >= 15 is 0 Å². The van der Waals surface area contributed by atoms with Crippen LogP contribution < -0.4 is 9.47 Å². The van der Waals surface area contributed by atoms with Crippen LogP contribution in [0.15, 0.2) is 18.2 Å². The highest BCUT2D eigenvalue weighted by atomic mass is 16.5. The van der Waals surface area contributed by atoms with E-state index in [9.17, 15) is 9.59 Å². The number of hydrogen-bond acceptors (Lipinski definition) is 4. The second kappa shape index (κ2) is 8.56. The van der Waals surface area contributed by atoms with Crippen molar-refractivity contribution in [2.45, 2.75) is 45.1 Å². The van der Waals surface area contributed by atoms with Crippen molar-refractivity contribution in [3.8, 4) is 11.5 Å². The molecule has 126 valence electrons. The molecule has 1 aliphatic carbocycles. The fourth-order valence-electron chi connectivity index (χ4n) is 3.13. The van der Waals surface area contributed by atoms with E-state index in [2.05, 4.69) is 0 Å². The number of carbonyl (C=O) groups excluding carboxylic acids is 2. The largest absolute Gasteiger partial charge is 0.493 e. The molecule has 1 amide bonds. The predicted molar refractivity (Wildman–Crippen MR) is 88.1 cm³/mol. The fourth-order valence-corrected chi connectivity index (χ4v) is 3.13. The highest BCUT2D eigenvalue weighted by Crippen LogP contribution is 2.28. The van der Waals surface area contributed by atoms with Crippen molar-refractivity contribution >= 4 is 12.2 Å². The molecule has 5 nitrogen and oxygen atoms in total. The summed E-state index contributed by atoms with van der Waals surface area (Å²) >= 11 is 0. The third kappa shape index (κ3) is 4.47. The lowest BCUT2D eigenvalue weighted by molar-refractivity contribution is -0.136. The lowest BCUT2D eigenvalue weighted by Crippen LogP contribution is -2.43. The summed E-state index contributed by atoms with van der Waals surface area (Å²) in [6, 6.07) is 5.25. The van der Waals surface area contributed by atoms with E-state index in [0.717, 1.165) is 19.1 Å². The minimum atomic E-state index is -0.0128. The van der Waals surface area contributed by atoms with Crippen LogP contribution in [0.1, 0.15) is 49.4 Å². The second-order valence-corrected chi connectivity index (χ2v) is 5.79. The number of likely N-dealkylation sites (N-methyl/N-ethyl adjacent to an activating group) is 1. The van der Waals surface area contributed by atoms with Crippen molar-refractivity contribution < 1.29 is 19.1 Å². The van der Waals surface area contributed by atoms with Gasteiger partial charge in [0.25, 0.3) is 5.91 Å². The molecule has 1 aromatic carbocycles. The zero-order valence-electron chi connectivity index (χ0n) is 13.9. The van der Waals surface area contributed by atoms with E-state index in [1.165, 1.54) is 26.4 Å². The number of methoxy groups -OCH3 is 1. The van der Waals surface area contributed by atoms with Crippen LogP contribution in [0.4, 0.5) is 0 Å². The van der Waals surface area contributed by atoms with Crippen LogP contribution in [0.3, 0.4) is 0 Å². The van der Waals surface area contributed by atoms with Crippen LogP contribution in [-0.4, -0.2) is 43.4 Å². The third-order valence-corrected chi connectivity index (χ3v) is 4.35. The van der Waals surface area contributed by atoms with E-state index in [4.69, 9.17) is 9.47 Å². The van der Waals surface area contributed by atoms with Gasteiger partial charge in [0, 0.05) is 18.2 Å². The average molecular weight is 319 g/mol. The number of aldehydes is 1. The quantitative estimate of drug-likeness (QED) is 0.725. The van der Waals surface area contributed by atoms with Crippen molar-refractivity contribution in [2.75, 3.05) is 20.3 Å². The van der Waals surface area contributed by atoms with E-state index in [1.54, 1.807) is 18.2 Å². The summed E-state index contributed by atoms with van der Waals surface area (Å²) in [4.78, 5) is 25.2. The first-order chi connectivity index (χ1) is 11.2. The smallest absolute Gasteiger partial charge is 0.260 e. The molecule has 23 heavy (non-hydrogen) atoms. The molecule has 0 N–H and O–H groups in total. The lowest BCUT2D eigenvalue weighted by atomic mass is 9.94. The second-order valence-electron chi connectivity index (χ2n) is 5.79.